The third kappa shape index (κ3) is 4.61. The number of ether oxygens (including phenoxy) is 1. The van der Waals surface area contributed by atoms with Crippen molar-refractivity contribution in [2.75, 3.05) is 19.7 Å². The van der Waals surface area contributed by atoms with Crippen molar-refractivity contribution in [2.24, 2.45) is 23.7 Å². The quantitative estimate of drug-likeness (QED) is 0.757. The van der Waals surface area contributed by atoms with Crippen LogP contribution in [0.25, 0.3) is 0 Å². The van der Waals surface area contributed by atoms with Crippen LogP contribution in [-0.4, -0.2) is 36.4 Å². The number of alkyl halides is 2. The molecule has 2 aliphatic carbocycles. The molecular formula is C22H29F2NO2. The first-order valence-electron chi connectivity index (χ1n) is 10.3. The second kappa shape index (κ2) is 7.76. The summed E-state index contributed by atoms with van der Waals surface area (Å²) in [7, 11) is 0. The zero-order valence-electron chi connectivity index (χ0n) is 15.8. The smallest absolute Gasteiger partial charge is 0.248 e. The van der Waals surface area contributed by atoms with Crippen LogP contribution in [0.4, 0.5) is 8.78 Å². The van der Waals surface area contributed by atoms with Crippen LogP contribution in [0.1, 0.15) is 44.9 Å². The molecule has 27 heavy (non-hydrogen) atoms. The number of hydrogen-bond donors (Lipinski definition) is 0. The maximum atomic E-state index is 13.8. The minimum absolute atomic E-state index is 0.0171. The van der Waals surface area contributed by atoms with E-state index in [1.54, 1.807) is 0 Å². The van der Waals surface area contributed by atoms with Crippen LogP contribution in [0.15, 0.2) is 30.3 Å². The fraction of sp³-hybridized carbons (Fsp3) is 0.682. The molecule has 1 aromatic rings. The van der Waals surface area contributed by atoms with Gasteiger partial charge in [-0.3, -0.25) is 4.79 Å². The van der Waals surface area contributed by atoms with E-state index < -0.39 is 5.92 Å². The number of carbonyl (C=O) groups excluding carboxylic acids is 1. The Labute approximate surface area is 160 Å². The number of rotatable bonds is 4. The number of nitrogens with zero attached hydrogens (tertiary/aromatic N) is 1. The van der Waals surface area contributed by atoms with E-state index in [2.05, 4.69) is 0 Å². The number of para-hydroxylation sites is 1. The Morgan fingerprint density at radius 3 is 2.52 bits per heavy atom. The average Bonchev–Trinajstić information content (AvgIpc) is 2.65. The predicted molar refractivity (Wildman–Crippen MR) is 99.7 cm³/mol. The van der Waals surface area contributed by atoms with Crippen molar-refractivity contribution in [3.8, 4) is 5.75 Å². The Kier molecular flexibility index (Phi) is 5.38. The van der Waals surface area contributed by atoms with Crippen LogP contribution in [0.2, 0.25) is 0 Å². The molecule has 0 spiro atoms. The molecule has 3 aliphatic rings. The Bertz CT molecular complexity index is 635. The van der Waals surface area contributed by atoms with Gasteiger partial charge in [-0.15, -0.1) is 0 Å². The SMILES string of the molecule is O=C(C1C[C@@H]2C[C@H](C1)CC(F)(F)C2)N1CCCC(COc2ccccc2)C1. The first kappa shape index (κ1) is 18.7. The Morgan fingerprint density at radius 1 is 1.11 bits per heavy atom. The zero-order chi connectivity index (χ0) is 18.9. The zero-order valence-corrected chi connectivity index (χ0v) is 15.8. The highest BCUT2D eigenvalue weighted by molar-refractivity contribution is 5.79. The normalized spacial score (nSPS) is 32.7. The van der Waals surface area contributed by atoms with Crippen molar-refractivity contribution < 1.29 is 18.3 Å². The van der Waals surface area contributed by atoms with E-state index in [9.17, 15) is 13.6 Å². The van der Waals surface area contributed by atoms with Crippen molar-refractivity contribution in [1.29, 1.82) is 0 Å². The topological polar surface area (TPSA) is 29.5 Å². The Balaban J connectivity index is 1.31. The summed E-state index contributed by atoms with van der Waals surface area (Å²) in [4.78, 5) is 15.0. The molecular weight excluding hydrogens is 348 g/mol. The molecule has 0 N–H and O–H groups in total. The highest BCUT2D eigenvalue weighted by Crippen LogP contribution is 2.49. The monoisotopic (exact) mass is 377 g/mol. The standard InChI is InChI=1S/C22H29F2NO2/c23-22(24)12-17-9-18(13-22)11-19(10-17)21(26)25-8-4-5-16(14-25)15-27-20-6-2-1-3-7-20/h1-3,6-7,16-19H,4-5,8-15H2/t16?,17-,18+,19?. The third-order valence-corrected chi connectivity index (χ3v) is 6.49. The maximum absolute atomic E-state index is 13.8. The van der Waals surface area contributed by atoms with E-state index in [-0.39, 0.29) is 36.5 Å². The maximum Gasteiger partial charge on any atom is 0.248 e. The van der Waals surface area contributed by atoms with Crippen LogP contribution < -0.4 is 4.74 Å². The summed E-state index contributed by atoms with van der Waals surface area (Å²) in [6, 6.07) is 9.76. The van der Waals surface area contributed by atoms with Gasteiger partial charge in [0.15, 0.2) is 0 Å². The second-order valence-corrected chi connectivity index (χ2v) is 8.82. The second-order valence-electron chi connectivity index (χ2n) is 8.82. The van der Waals surface area contributed by atoms with Gasteiger partial charge >= 0.3 is 0 Å². The molecule has 4 atom stereocenters. The number of benzene rings is 1. The van der Waals surface area contributed by atoms with Gasteiger partial charge in [-0.25, -0.2) is 8.78 Å². The van der Waals surface area contributed by atoms with Crippen LogP contribution in [-0.2, 0) is 4.79 Å². The van der Waals surface area contributed by atoms with Crippen molar-refractivity contribution in [3.05, 3.63) is 30.3 Å². The van der Waals surface area contributed by atoms with E-state index in [1.807, 2.05) is 35.2 Å². The highest BCUT2D eigenvalue weighted by Gasteiger charge is 2.47. The molecule has 0 aromatic heterocycles. The summed E-state index contributed by atoms with van der Waals surface area (Å²) in [5.74, 6) is -1.14. The molecule has 2 saturated carbocycles. The number of amides is 1. The van der Waals surface area contributed by atoms with Gasteiger partial charge in [-0.2, -0.15) is 0 Å². The number of hydrogen-bond acceptors (Lipinski definition) is 2. The molecule has 2 bridgehead atoms. The minimum Gasteiger partial charge on any atom is -0.493 e. The lowest BCUT2D eigenvalue weighted by molar-refractivity contribution is -0.145. The Hall–Kier alpha value is -1.65. The molecule has 1 saturated heterocycles. The van der Waals surface area contributed by atoms with Gasteiger partial charge in [0, 0.05) is 37.8 Å². The number of piperidine rings is 1. The molecule has 1 aliphatic heterocycles. The van der Waals surface area contributed by atoms with Crippen molar-refractivity contribution >= 4 is 5.91 Å². The molecule has 1 amide bonds. The average molecular weight is 377 g/mol. The number of fused-ring (bicyclic) bond motifs is 2. The van der Waals surface area contributed by atoms with Crippen LogP contribution in [0.5, 0.6) is 5.75 Å². The fourth-order valence-corrected chi connectivity index (χ4v) is 5.42. The number of carbonyl (C=O) groups is 1. The fourth-order valence-electron chi connectivity index (χ4n) is 5.42. The lowest BCUT2D eigenvalue weighted by Gasteiger charge is -2.43. The first-order chi connectivity index (χ1) is 13.0. The molecule has 5 heteroatoms. The molecule has 0 radical (unpaired) electrons. The van der Waals surface area contributed by atoms with Gasteiger partial charge < -0.3 is 9.64 Å². The molecule has 1 heterocycles. The minimum atomic E-state index is -2.52. The first-order valence-corrected chi connectivity index (χ1v) is 10.3. The van der Waals surface area contributed by atoms with Crippen LogP contribution in [0, 0.1) is 23.7 Å². The highest BCUT2D eigenvalue weighted by atomic mass is 19.3. The van der Waals surface area contributed by atoms with E-state index in [4.69, 9.17) is 4.74 Å². The summed E-state index contributed by atoms with van der Waals surface area (Å²) in [6.45, 7) is 2.15. The van der Waals surface area contributed by atoms with E-state index >= 15 is 0 Å². The number of likely N-dealkylation sites (tertiary alicyclic amines) is 1. The van der Waals surface area contributed by atoms with E-state index in [0.29, 0.717) is 25.4 Å². The van der Waals surface area contributed by atoms with E-state index in [1.165, 1.54) is 0 Å². The third-order valence-electron chi connectivity index (χ3n) is 6.49. The van der Waals surface area contributed by atoms with Gasteiger partial charge in [-0.05, 0) is 56.1 Å². The van der Waals surface area contributed by atoms with Crippen LogP contribution >= 0.6 is 0 Å². The van der Waals surface area contributed by atoms with Gasteiger partial charge in [-0.1, -0.05) is 18.2 Å². The van der Waals surface area contributed by atoms with Crippen molar-refractivity contribution in [1.82, 2.24) is 4.90 Å². The molecule has 1 aromatic carbocycles. The summed E-state index contributed by atoms with van der Waals surface area (Å²) in [5.41, 5.74) is 0. The number of halogens is 2. The Morgan fingerprint density at radius 2 is 1.81 bits per heavy atom. The van der Waals surface area contributed by atoms with Gasteiger partial charge in [0.25, 0.3) is 0 Å². The summed E-state index contributed by atoms with van der Waals surface area (Å²) in [6.07, 6.45) is 4.18. The summed E-state index contributed by atoms with van der Waals surface area (Å²) in [5, 5.41) is 0. The van der Waals surface area contributed by atoms with E-state index in [0.717, 1.165) is 38.1 Å². The lowest BCUT2D eigenvalue weighted by atomic mass is 9.66. The van der Waals surface area contributed by atoms with Gasteiger partial charge in [0.2, 0.25) is 11.8 Å². The molecule has 3 fully saturated rings. The summed E-state index contributed by atoms with van der Waals surface area (Å²) >= 11 is 0. The van der Waals surface area contributed by atoms with Crippen LogP contribution in [0.3, 0.4) is 0 Å². The summed E-state index contributed by atoms with van der Waals surface area (Å²) < 4.78 is 33.4. The van der Waals surface area contributed by atoms with Crippen molar-refractivity contribution in [3.63, 3.8) is 0 Å². The molecule has 4 rings (SSSR count). The lowest BCUT2D eigenvalue weighted by Crippen LogP contribution is -2.47. The molecule has 3 nitrogen and oxygen atoms in total. The molecule has 148 valence electrons. The largest absolute Gasteiger partial charge is 0.493 e. The van der Waals surface area contributed by atoms with Gasteiger partial charge in [0.05, 0.1) is 6.61 Å². The molecule has 2 unspecified atom stereocenters. The predicted octanol–water partition coefficient (Wildman–Crippen LogP) is 4.77. The van der Waals surface area contributed by atoms with Gasteiger partial charge in [0.1, 0.15) is 5.75 Å². The van der Waals surface area contributed by atoms with Crippen molar-refractivity contribution in [2.45, 2.75) is 50.9 Å².